The summed E-state index contributed by atoms with van der Waals surface area (Å²) in [5, 5.41) is 9.27. The third-order valence-corrected chi connectivity index (χ3v) is 4.94. The normalized spacial score (nSPS) is 24.2. The summed E-state index contributed by atoms with van der Waals surface area (Å²) in [6.45, 7) is 3.63. The predicted octanol–water partition coefficient (Wildman–Crippen LogP) is 2.82. The lowest BCUT2D eigenvalue weighted by molar-refractivity contribution is -0.134. The van der Waals surface area contributed by atoms with E-state index < -0.39 is 40.4 Å². The standard InChI is InChI=1S/C19H18F3N3O3/c1-18(2)9-19(6-12(7-23)15(18)26)10-25(3-4-28-19)17(27)14-13(20)5-11(8-24-14)16(21)22/h5-6,8,16H,3-4,9-10H2,1-2H3. The van der Waals surface area contributed by atoms with Crippen LogP contribution in [-0.2, 0) is 9.53 Å². The molecule has 9 heteroatoms. The molecule has 148 valence electrons. The molecule has 6 nitrogen and oxygen atoms in total. The van der Waals surface area contributed by atoms with Crippen LogP contribution in [0.1, 0.15) is 42.7 Å². The molecule has 3 rings (SSSR count). The van der Waals surface area contributed by atoms with Crippen LogP contribution in [0.25, 0.3) is 0 Å². The van der Waals surface area contributed by atoms with Gasteiger partial charge in [-0.25, -0.2) is 18.2 Å². The number of alkyl halides is 2. The van der Waals surface area contributed by atoms with Crippen molar-refractivity contribution in [2.24, 2.45) is 5.41 Å². The predicted molar refractivity (Wildman–Crippen MR) is 90.8 cm³/mol. The molecule has 1 unspecified atom stereocenters. The van der Waals surface area contributed by atoms with Gasteiger partial charge in [-0.15, -0.1) is 0 Å². The molecule has 0 aromatic carbocycles. The molecule has 28 heavy (non-hydrogen) atoms. The molecule has 1 aromatic rings. The second kappa shape index (κ2) is 7.02. The fourth-order valence-corrected chi connectivity index (χ4v) is 3.71. The Balaban J connectivity index is 1.90. The average Bonchev–Trinajstić information content (AvgIpc) is 2.63. The van der Waals surface area contributed by atoms with Crippen LogP contribution in [0.3, 0.4) is 0 Å². The second-order valence-electron chi connectivity index (χ2n) is 7.60. The highest BCUT2D eigenvalue weighted by Crippen LogP contribution is 2.41. The zero-order valence-corrected chi connectivity index (χ0v) is 15.3. The average molecular weight is 393 g/mol. The summed E-state index contributed by atoms with van der Waals surface area (Å²) in [6, 6.07) is 2.46. The van der Waals surface area contributed by atoms with Gasteiger partial charge in [0.2, 0.25) is 0 Å². The van der Waals surface area contributed by atoms with Gasteiger partial charge in [0.05, 0.1) is 18.7 Å². The smallest absolute Gasteiger partial charge is 0.275 e. The molecular formula is C19H18F3N3O3. The minimum atomic E-state index is -2.89. The third kappa shape index (κ3) is 3.52. The highest BCUT2D eigenvalue weighted by atomic mass is 19.3. The number of pyridine rings is 1. The summed E-state index contributed by atoms with van der Waals surface area (Å²) in [6.07, 6.45) is -0.459. The first-order chi connectivity index (χ1) is 13.1. The topological polar surface area (TPSA) is 83.3 Å². The molecular weight excluding hydrogens is 375 g/mol. The van der Waals surface area contributed by atoms with Crippen molar-refractivity contribution >= 4 is 11.7 Å². The number of allylic oxidation sites excluding steroid dienone is 1. The van der Waals surface area contributed by atoms with Crippen molar-refractivity contribution in [1.29, 1.82) is 5.26 Å². The van der Waals surface area contributed by atoms with E-state index in [1.165, 1.54) is 11.0 Å². The van der Waals surface area contributed by atoms with Gasteiger partial charge >= 0.3 is 0 Å². The number of halogens is 3. The van der Waals surface area contributed by atoms with Crippen LogP contribution in [0.4, 0.5) is 13.2 Å². The molecule has 1 amide bonds. The molecule has 2 heterocycles. The summed E-state index contributed by atoms with van der Waals surface area (Å²) in [5.74, 6) is -2.19. The summed E-state index contributed by atoms with van der Waals surface area (Å²) in [4.78, 5) is 29.9. The second-order valence-corrected chi connectivity index (χ2v) is 7.60. The molecule has 1 saturated heterocycles. The first-order valence-corrected chi connectivity index (χ1v) is 8.63. The quantitative estimate of drug-likeness (QED) is 0.772. The van der Waals surface area contributed by atoms with E-state index in [1.807, 2.05) is 6.07 Å². The number of nitriles is 1. The van der Waals surface area contributed by atoms with Crippen molar-refractivity contribution in [1.82, 2.24) is 9.88 Å². The Morgan fingerprint density at radius 1 is 1.43 bits per heavy atom. The number of ether oxygens (including phenoxy) is 1. The van der Waals surface area contributed by atoms with Crippen molar-refractivity contribution in [3.8, 4) is 6.07 Å². The summed E-state index contributed by atoms with van der Waals surface area (Å²) < 4.78 is 45.3. The molecule has 1 atom stereocenters. The van der Waals surface area contributed by atoms with E-state index in [2.05, 4.69) is 4.98 Å². The SMILES string of the molecule is CC1(C)CC2(C=C(C#N)C1=O)CN(C(=O)c1ncc(C(F)F)cc1F)CCO2. The van der Waals surface area contributed by atoms with Gasteiger partial charge in [-0.05, 0) is 18.6 Å². The minimum Gasteiger partial charge on any atom is -0.367 e. The fraction of sp³-hybridized carbons (Fsp3) is 0.474. The Labute approximate surface area is 159 Å². The van der Waals surface area contributed by atoms with Gasteiger partial charge in [0.25, 0.3) is 12.3 Å². The van der Waals surface area contributed by atoms with Crippen molar-refractivity contribution in [2.75, 3.05) is 19.7 Å². The van der Waals surface area contributed by atoms with E-state index in [0.717, 1.165) is 6.20 Å². The zero-order valence-electron chi connectivity index (χ0n) is 15.3. The Hall–Kier alpha value is -2.73. The minimum absolute atomic E-state index is 0.00849. The van der Waals surface area contributed by atoms with Crippen molar-refractivity contribution < 1.29 is 27.5 Å². The van der Waals surface area contributed by atoms with Crippen LogP contribution >= 0.6 is 0 Å². The molecule has 1 spiro atoms. The van der Waals surface area contributed by atoms with E-state index in [1.54, 1.807) is 13.8 Å². The van der Waals surface area contributed by atoms with Crippen molar-refractivity contribution in [3.63, 3.8) is 0 Å². The van der Waals surface area contributed by atoms with Gasteiger partial charge in [0.1, 0.15) is 11.7 Å². The van der Waals surface area contributed by atoms with E-state index in [-0.39, 0.29) is 37.5 Å². The number of ketones is 1. The third-order valence-electron chi connectivity index (χ3n) is 4.94. The maximum absolute atomic E-state index is 14.2. The first kappa shape index (κ1) is 20.0. The number of rotatable bonds is 2. The van der Waals surface area contributed by atoms with Crippen molar-refractivity contribution in [2.45, 2.75) is 32.3 Å². The Morgan fingerprint density at radius 3 is 2.75 bits per heavy atom. The van der Waals surface area contributed by atoms with E-state index in [9.17, 15) is 28.0 Å². The number of amides is 1. The molecule has 2 aliphatic rings. The Kier molecular flexibility index (Phi) is 5.02. The number of aromatic nitrogens is 1. The van der Waals surface area contributed by atoms with Gasteiger partial charge in [0, 0.05) is 23.7 Å². The highest BCUT2D eigenvalue weighted by Gasteiger charge is 2.48. The number of hydrogen-bond donors (Lipinski definition) is 0. The first-order valence-electron chi connectivity index (χ1n) is 8.63. The summed E-state index contributed by atoms with van der Waals surface area (Å²) >= 11 is 0. The van der Waals surface area contributed by atoms with Crippen LogP contribution in [0, 0.1) is 22.6 Å². The molecule has 0 saturated carbocycles. The molecule has 1 aliphatic carbocycles. The van der Waals surface area contributed by atoms with Crippen molar-refractivity contribution in [3.05, 3.63) is 41.0 Å². The largest absolute Gasteiger partial charge is 0.367 e. The van der Waals surface area contributed by atoms with Gasteiger partial charge in [-0.2, -0.15) is 5.26 Å². The molecule has 1 aromatic heterocycles. The van der Waals surface area contributed by atoms with Crippen LogP contribution in [0.5, 0.6) is 0 Å². The maximum atomic E-state index is 14.2. The maximum Gasteiger partial charge on any atom is 0.275 e. The molecule has 0 N–H and O–H groups in total. The number of nitrogens with zero attached hydrogens (tertiary/aromatic N) is 3. The number of hydrogen-bond acceptors (Lipinski definition) is 5. The molecule has 1 fully saturated rings. The van der Waals surface area contributed by atoms with Crippen LogP contribution in [0.2, 0.25) is 0 Å². The number of carbonyl (C=O) groups is 2. The van der Waals surface area contributed by atoms with E-state index in [0.29, 0.717) is 6.07 Å². The molecule has 0 radical (unpaired) electrons. The van der Waals surface area contributed by atoms with Crippen LogP contribution in [-0.4, -0.2) is 46.9 Å². The zero-order chi connectivity index (χ0) is 20.7. The van der Waals surface area contributed by atoms with Crippen LogP contribution in [0.15, 0.2) is 23.9 Å². The lowest BCUT2D eigenvalue weighted by Crippen LogP contribution is -2.57. The van der Waals surface area contributed by atoms with E-state index >= 15 is 0 Å². The fourth-order valence-electron chi connectivity index (χ4n) is 3.71. The molecule has 0 bridgehead atoms. The van der Waals surface area contributed by atoms with Gasteiger partial charge in [-0.3, -0.25) is 9.59 Å². The van der Waals surface area contributed by atoms with E-state index in [4.69, 9.17) is 4.74 Å². The van der Waals surface area contributed by atoms with Gasteiger partial charge in [-0.1, -0.05) is 13.8 Å². The van der Waals surface area contributed by atoms with Gasteiger partial charge < -0.3 is 9.64 Å². The summed E-state index contributed by atoms with van der Waals surface area (Å²) in [5.41, 5.74) is -3.14. The van der Waals surface area contributed by atoms with Crippen LogP contribution < -0.4 is 0 Å². The molecule has 1 aliphatic heterocycles. The Morgan fingerprint density at radius 2 is 2.14 bits per heavy atom. The lowest BCUT2D eigenvalue weighted by Gasteiger charge is -2.46. The summed E-state index contributed by atoms with van der Waals surface area (Å²) in [7, 11) is 0. The van der Waals surface area contributed by atoms with Gasteiger partial charge in [0.15, 0.2) is 17.3 Å². The monoisotopic (exact) mass is 393 g/mol. The highest BCUT2D eigenvalue weighted by molar-refractivity contribution is 6.04. The lowest BCUT2D eigenvalue weighted by atomic mass is 9.69. The number of morpholine rings is 1. The number of Topliss-reactive ketones (excluding diaryl/α,β-unsaturated/α-hetero) is 1. The Bertz CT molecular complexity index is 907. The number of carbonyl (C=O) groups excluding carboxylic acids is 2.